The number of nitrogens with zero attached hydrogens (tertiary/aromatic N) is 1. The third-order valence-corrected chi connectivity index (χ3v) is 3.02. The Kier molecular flexibility index (Phi) is 3.46. The molecule has 1 fully saturated rings. The summed E-state index contributed by atoms with van der Waals surface area (Å²) in [5.41, 5.74) is 7.67. The van der Waals surface area contributed by atoms with Gasteiger partial charge >= 0.3 is 0 Å². The highest BCUT2D eigenvalue weighted by Gasteiger charge is 2.10. The van der Waals surface area contributed by atoms with E-state index >= 15 is 0 Å². The molecule has 0 saturated carbocycles. The maximum atomic E-state index is 5.87. The second-order valence-electron chi connectivity index (χ2n) is 3.88. The standard InChI is InChI=1S/C11H16ClN3/c12-10-2-1-9(7-11(10)13)8-15-5-3-14-4-6-15/h1-2,7,14H,3-6,8,13H2. The molecule has 3 nitrogen and oxygen atoms in total. The van der Waals surface area contributed by atoms with E-state index in [0.29, 0.717) is 10.7 Å². The molecule has 3 N–H and O–H groups in total. The zero-order valence-electron chi connectivity index (χ0n) is 8.67. The monoisotopic (exact) mass is 225 g/mol. The van der Waals surface area contributed by atoms with E-state index in [1.165, 1.54) is 5.56 Å². The summed E-state index contributed by atoms with van der Waals surface area (Å²) in [5.74, 6) is 0. The van der Waals surface area contributed by atoms with E-state index in [4.69, 9.17) is 17.3 Å². The normalized spacial score (nSPS) is 17.9. The lowest BCUT2D eigenvalue weighted by molar-refractivity contribution is 0.233. The molecule has 0 atom stereocenters. The first-order valence-electron chi connectivity index (χ1n) is 5.23. The number of hydrogen-bond donors (Lipinski definition) is 2. The number of nitrogens with one attached hydrogen (secondary N) is 1. The van der Waals surface area contributed by atoms with Crippen molar-refractivity contribution in [2.24, 2.45) is 0 Å². The van der Waals surface area contributed by atoms with E-state index in [1.54, 1.807) is 0 Å². The van der Waals surface area contributed by atoms with Crippen LogP contribution in [0, 0.1) is 0 Å². The van der Waals surface area contributed by atoms with Gasteiger partial charge in [0.05, 0.1) is 10.7 Å². The van der Waals surface area contributed by atoms with Gasteiger partial charge in [0.15, 0.2) is 0 Å². The number of benzene rings is 1. The lowest BCUT2D eigenvalue weighted by Crippen LogP contribution is -2.42. The van der Waals surface area contributed by atoms with Gasteiger partial charge in [0.2, 0.25) is 0 Å². The predicted molar refractivity (Wildman–Crippen MR) is 64.0 cm³/mol. The van der Waals surface area contributed by atoms with Crippen LogP contribution in [-0.4, -0.2) is 31.1 Å². The number of rotatable bonds is 2. The molecular formula is C11H16ClN3. The molecule has 15 heavy (non-hydrogen) atoms. The fourth-order valence-electron chi connectivity index (χ4n) is 1.82. The predicted octanol–water partition coefficient (Wildman–Crippen LogP) is 1.33. The molecule has 1 aromatic rings. The molecule has 0 bridgehead atoms. The molecule has 1 aliphatic heterocycles. The zero-order valence-corrected chi connectivity index (χ0v) is 9.43. The van der Waals surface area contributed by atoms with Crippen molar-refractivity contribution in [3.8, 4) is 0 Å². The first-order chi connectivity index (χ1) is 7.25. The molecule has 2 rings (SSSR count). The van der Waals surface area contributed by atoms with Crippen LogP contribution in [0.5, 0.6) is 0 Å². The fourth-order valence-corrected chi connectivity index (χ4v) is 1.94. The molecule has 1 heterocycles. The van der Waals surface area contributed by atoms with Gasteiger partial charge in [-0.3, -0.25) is 4.90 Å². The van der Waals surface area contributed by atoms with Crippen LogP contribution in [0.3, 0.4) is 0 Å². The maximum absolute atomic E-state index is 5.87. The summed E-state index contributed by atoms with van der Waals surface area (Å²) in [6.07, 6.45) is 0. The summed E-state index contributed by atoms with van der Waals surface area (Å²) >= 11 is 5.87. The van der Waals surface area contributed by atoms with Crippen molar-refractivity contribution in [2.75, 3.05) is 31.9 Å². The molecule has 0 amide bonds. The Bertz CT molecular complexity index is 335. The summed E-state index contributed by atoms with van der Waals surface area (Å²) in [7, 11) is 0. The molecule has 0 spiro atoms. The molecule has 1 aliphatic rings. The summed E-state index contributed by atoms with van der Waals surface area (Å²) < 4.78 is 0. The number of nitrogens with two attached hydrogens (primary N) is 1. The Labute approximate surface area is 95.2 Å². The van der Waals surface area contributed by atoms with Crippen molar-refractivity contribution in [1.82, 2.24) is 10.2 Å². The molecule has 82 valence electrons. The third kappa shape index (κ3) is 2.84. The average molecular weight is 226 g/mol. The highest BCUT2D eigenvalue weighted by Crippen LogP contribution is 2.20. The second-order valence-corrected chi connectivity index (χ2v) is 4.29. The number of piperazine rings is 1. The highest BCUT2D eigenvalue weighted by molar-refractivity contribution is 6.33. The van der Waals surface area contributed by atoms with Gasteiger partial charge in [0.1, 0.15) is 0 Å². The maximum Gasteiger partial charge on any atom is 0.0635 e. The van der Waals surface area contributed by atoms with Gasteiger partial charge in [-0.25, -0.2) is 0 Å². The van der Waals surface area contributed by atoms with Crippen LogP contribution in [0.4, 0.5) is 5.69 Å². The lowest BCUT2D eigenvalue weighted by Gasteiger charge is -2.27. The first-order valence-corrected chi connectivity index (χ1v) is 5.60. The van der Waals surface area contributed by atoms with E-state index in [0.717, 1.165) is 32.7 Å². The molecule has 0 aromatic heterocycles. The van der Waals surface area contributed by atoms with Gasteiger partial charge in [0, 0.05) is 32.7 Å². The van der Waals surface area contributed by atoms with Crippen molar-refractivity contribution in [2.45, 2.75) is 6.54 Å². The summed E-state index contributed by atoms with van der Waals surface area (Å²) in [6.45, 7) is 5.31. The Balaban J connectivity index is 2.00. The number of halogens is 1. The molecule has 0 radical (unpaired) electrons. The smallest absolute Gasteiger partial charge is 0.0635 e. The van der Waals surface area contributed by atoms with Crippen molar-refractivity contribution < 1.29 is 0 Å². The van der Waals surface area contributed by atoms with Gasteiger partial charge in [-0.05, 0) is 17.7 Å². The highest BCUT2D eigenvalue weighted by atomic mass is 35.5. The van der Waals surface area contributed by atoms with Gasteiger partial charge in [-0.1, -0.05) is 17.7 Å². The Morgan fingerprint density at radius 1 is 1.33 bits per heavy atom. The average Bonchev–Trinajstić information content (AvgIpc) is 2.25. The van der Waals surface area contributed by atoms with Crippen molar-refractivity contribution >= 4 is 17.3 Å². The second kappa shape index (κ2) is 4.84. The fraction of sp³-hybridized carbons (Fsp3) is 0.455. The Hall–Kier alpha value is -0.770. The first kappa shape index (κ1) is 10.7. The lowest BCUT2D eigenvalue weighted by atomic mass is 10.2. The van der Waals surface area contributed by atoms with Crippen LogP contribution < -0.4 is 11.1 Å². The molecule has 0 aliphatic carbocycles. The van der Waals surface area contributed by atoms with Crippen LogP contribution in [0.15, 0.2) is 18.2 Å². The Morgan fingerprint density at radius 3 is 2.73 bits per heavy atom. The number of anilines is 1. The van der Waals surface area contributed by atoms with Crippen molar-refractivity contribution in [3.05, 3.63) is 28.8 Å². The number of hydrogen-bond acceptors (Lipinski definition) is 3. The van der Waals surface area contributed by atoms with Gasteiger partial charge in [-0.2, -0.15) is 0 Å². The summed E-state index contributed by atoms with van der Waals surface area (Å²) in [4.78, 5) is 2.42. The van der Waals surface area contributed by atoms with Crippen LogP contribution in [0.1, 0.15) is 5.56 Å². The van der Waals surface area contributed by atoms with E-state index in [1.807, 2.05) is 18.2 Å². The van der Waals surface area contributed by atoms with E-state index in [9.17, 15) is 0 Å². The largest absolute Gasteiger partial charge is 0.398 e. The van der Waals surface area contributed by atoms with Crippen LogP contribution in [-0.2, 0) is 6.54 Å². The van der Waals surface area contributed by atoms with Gasteiger partial charge in [0.25, 0.3) is 0 Å². The Morgan fingerprint density at radius 2 is 2.07 bits per heavy atom. The molecule has 1 saturated heterocycles. The minimum atomic E-state index is 0.638. The van der Waals surface area contributed by atoms with Crippen molar-refractivity contribution in [1.29, 1.82) is 0 Å². The number of nitrogen functional groups attached to an aromatic ring is 1. The summed E-state index contributed by atoms with van der Waals surface area (Å²) in [6, 6.07) is 5.87. The van der Waals surface area contributed by atoms with E-state index < -0.39 is 0 Å². The molecule has 0 unspecified atom stereocenters. The SMILES string of the molecule is Nc1cc(CN2CCNCC2)ccc1Cl. The van der Waals surface area contributed by atoms with Crippen LogP contribution >= 0.6 is 11.6 Å². The zero-order chi connectivity index (χ0) is 10.7. The van der Waals surface area contributed by atoms with Gasteiger partial charge < -0.3 is 11.1 Å². The van der Waals surface area contributed by atoms with E-state index in [2.05, 4.69) is 10.2 Å². The summed E-state index contributed by atoms with van der Waals surface area (Å²) in [5, 5.41) is 3.97. The molecule has 1 aromatic carbocycles. The molecular weight excluding hydrogens is 210 g/mol. The third-order valence-electron chi connectivity index (χ3n) is 2.68. The van der Waals surface area contributed by atoms with Crippen molar-refractivity contribution in [3.63, 3.8) is 0 Å². The van der Waals surface area contributed by atoms with Crippen LogP contribution in [0.2, 0.25) is 5.02 Å². The minimum Gasteiger partial charge on any atom is -0.398 e. The molecule has 4 heteroatoms. The minimum absolute atomic E-state index is 0.638. The topological polar surface area (TPSA) is 41.3 Å². The van der Waals surface area contributed by atoms with E-state index in [-0.39, 0.29) is 0 Å². The van der Waals surface area contributed by atoms with Crippen LogP contribution in [0.25, 0.3) is 0 Å². The quantitative estimate of drug-likeness (QED) is 0.747. The van der Waals surface area contributed by atoms with Gasteiger partial charge in [-0.15, -0.1) is 0 Å².